The Morgan fingerprint density at radius 3 is 0.844 bits per heavy atom. The molecule has 0 heterocycles. The van der Waals surface area contributed by atoms with Gasteiger partial charge in [-0.25, -0.2) is 0 Å². The molecule has 0 aromatic rings. The highest BCUT2D eigenvalue weighted by Crippen LogP contribution is 2.19. The van der Waals surface area contributed by atoms with Gasteiger partial charge in [0.1, 0.15) is 6.54 Å². The van der Waals surface area contributed by atoms with E-state index in [-0.39, 0.29) is 6.61 Å². The SMILES string of the molecule is CCCCCC[N+](CCCCCC)(CCCCCC)CCCCCC.C[N+](C)(C)CCO. The topological polar surface area (TPSA) is 20.2 Å². The van der Waals surface area contributed by atoms with Crippen LogP contribution in [0.4, 0.5) is 0 Å². The molecule has 196 valence electrons. The molecule has 0 atom stereocenters. The van der Waals surface area contributed by atoms with Crippen LogP contribution >= 0.6 is 0 Å². The molecule has 0 unspecified atom stereocenters. The monoisotopic (exact) mass is 459 g/mol. The lowest BCUT2D eigenvalue weighted by atomic mass is 10.1. The first kappa shape index (κ1) is 34.0. The van der Waals surface area contributed by atoms with E-state index < -0.39 is 0 Å². The average Bonchev–Trinajstić information content (AvgIpc) is 2.74. The van der Waals surface area contributed by atoms with Gasteiger partial charge in [-0.05, 0) is 51.4 Å². The van der Waals surface area contributed by atoms with Crippen molar-refractivity contribution in [3.8, 4) is 0 Å². The molecular formula is C29H66N2O+2. The van der Waals surface area contributed by atoms with Crippen LogP contribution < -0.4 is 0 Å². The highest BCUT2D eigenvalue weighted by molar-refractivity contribution is 4.53. The molecule has 1 N–H and O–H groups in total. The summed E-state index contributed by atoms with van der Waals surface area (Å²) in [5, 5.41) is 8.39. The Labute approximate surface area is 205 Å². The summed E-state index contributed by atoms with van der Waals surface area (Å²) in [6.07, 6.45) is 22.8. The number of hydrogen-bond acceptors (Lipinski definition) is 1. The molecule has 0 fully saturated rings. The number of nitrogens with zero attached hydrogens (tertiary/aromatic N) is 2. The van der Waals surface area contributed by atoms with Gasteiger partial charge in [0.25, 0.3) is 0 Å². The average molecular weight is 459 g/mol. The zero-order chi connectivity index (χ0) is 24.6. The second-order valence-electron chi connectivity index (χ2n) is 11.2. The minimum Gasteiger partial charge on any atom is -0.391 e. The minimum absolute atomic E-state index is 0.281. The first-order valence-electron chi connectivity index (χ1n) is 14.6. The largest absolute Gasteiger partial charge is 0.391 e. The molecule has 0 aliphatic heterocycles. The van der Waals surface area contributed by atoms with Crippen molar-refractivity contribution >= 4 is 0 Å². The van der Waals surface area contributed by atoms with Gasteiger partial charge >= 0.3 is 0 Å². The molecular weight excluding hydrogens is 392 g/mol. The Hall–Kier alpha value is -0.120. The summed E-state index contributed by atoms with van der Waals surface area (Å²) in [5.41, 5.74) is 0. The number of rotatable bonds is 22. The highest BCUT2D eigenvalue weighted by Gasteiger charge is 2.25. The van der Waals surface area contributed by atoms with Crippen LogP contribution in [0.1, 0.15) is 130 Å². The van der Waals surface area contributed by atoms with Crippen molar-refractivity contribution < 1.29 is 14.1 Å². The van der Waals surface area contributed by atoms with E-state index in [1.54, 1.807) is 0 Å². The molecule has 0 radical (unpaired) electrons. The van der Waals surface area contributed by atoms with Gasteiger partial charge in [-0.15, -0.1) is 0 Å². The van der Waals surface area contributed by atoms with Crippen LogP contribution in [-0.4, -0.2) is 74.5 Å². The fraction of sp³-hybridized carbons (Fsp3) is 1.00. The fourth-order valence-electron chi connectivity index (χ4n) is 4.47. The van der Waals surface area contributed by atoms with Crippen LogP contribution in [0.25, 0.3) is 0 Å². The lowest BCUT2D eigenvalue weighted by Gasteiger charge is -2.39. The predicted octanol–water partition coefficient (Wildman–Crippen LogP) is 7.81. The van der Waals surface area contributed by atoms with Gasteiger partial charge < -0.3 is 14.1 Å². The van der Waals surface area contributed by atoms with Crippen molar-refractivity contribution in [2.24, 2.45) is 0 Å². The zero-order valence-corrected chi connectivity index (χ0v) is 23.9. The van der Waals surface area contributed by atoms with Crippen molar-refractivity contribution in [1.29, 1.82) is 0 Å². The zero-order valence-electron chi connectivity index (χ0n) is 23.9. The minimum atomic E-state index is 0.281. The van der Waals surface area contributed by atoms with E-state index in [9.17, 15) is 0 Å². The molecule has 32 heavy (non-hydrogen) atoms. The van der Waals surface area contributed by atoms with E-state index in [4.69, 9.17) is 5.11 Å². The van der Waals surface area contributed by atoms with E-state index in [1.165, 1.54) is 133 Å². The van der Waals surface area contributed by atoms with Gasteiger partial charge in [0.05, 0.1) is 53.9 Å². The van der Waals surface area contributed by atoms with Gasteiger partial charge in [0, 0.05) is 0 Å². The van der Waals surface area contributed by atoms with E-state index in [1.807, 2.05) is 0 Å². The van der Waals surface area contributed by atoms with Crippen LogP contribution in [0.3, 0.4) is 0 Å². The first-order valence-corrected chi connectivity index (χ1v) is 14.6. The molecule has 0 saturated heterocycles. The fourth-order valence-corrected chi connectivity index (χ4v) is 4.47. The summed E-state index contributed by atoms with van der Waals surface area (Å²) in [6.45, 7) is 16.3. The van der Waals surface area contributed by atoms with Crippen molar-refractivity contribution in [2.45, 2.75) is 130 Å². The first-order chi connectivity index (χ1) is 15.3. The Balaban J connectivity index is 0. The summed E-state index contributed by atoms with van der Waals surface area (Å²) in [5.74, 6) is 0. The third-order valence-electron chi connectivity index (χ3n) is 6.71. The van der Waals surface area contributed by atoms with Crippen molar-refractivity contribution in [2.75, 3.05) is 60.5 Å². The quantitative estimate of drug-likeness (QED) is 0.129. The number of aliphatic hydroxyl groups is 1. The lowest BCUT2D eigenvalue weighted by molar-refractivity contribution is -0.929. The van der Waals surface area contributed by atoms with Crippen LogP contribution in [0, 0.1) is 0 Å². The van der Waals surface area contributed by atoms with Crippen LogP contribution in [0.2, 0.25) is 0 Å². The van der Waals surface area contributed by atoms with Crippen LogP contribution in [-0.2, 0) is 0 Å². The summed E-state index contributed by atoms with van der Waals surface area (Å²) in [7, 11) is 6.16. The molecule has 3 nitrogen and oxygen atoms in total. The number of unbranched alkanes of at least 4 members (excludes halogenated alkanes) is 12. The molecule has 0 saturated carbocycles. The molecule has 0 aromatic heterocycles. The van der Waals surface area contributed by atoms with Crippen molar-refractivity contribution in [1.82, 2.24) is 0 Å². The maximum atomic E-state index is 8.39. The molecule has 0 aromatic carbocycles. The third kappa shape index (κ3) is 24.5. The van der Waals surface area contributed by atoms with Gasteiger partial charge in [0.2, 0.25) is 0 Å². The van der Waals surface area contributed by atoms with Crippen LogP contribution in [0.15, 0.2) is 0 Å². The maximum Gasteiger partial charge on any atom is 0.101 e. The Bertz CT molecular complexity index is 298. The Morgan fingerprint density at radius 2 is 0.688 bits per heavy atom. The van der Waals surface area contributed by atoms with Crippen molar-refractivity contribution in [3.05, 3.63) is 0 Å². The second kappa shape index (κ2) is 24.0. The summed E-state index contributed by atoms with van der Waals surface area (Å²) < 4.78 is 2.30. The Morgan fingerprint density at radius 1 is 0.406 bits per heavy atom. The lowest BCUT2D eigenvalue weighted by Crippen LogP contribution is -2.50. The maximum absolute atomic E-state index is 8.39. The van der Waals surface area contributed by atoms with E-state index >= 15 is 0 Å². The molecule has 0 rings (SSSR count). The normalized spacial score (nSPS) is 12.0. The van der Waals surface area contributed by atoms with E-state index in [0.29, 0.717) is 0 Å². The van der Waals surface area contributed by atoms with E-state index in [0.717, 1.165) is 11.0 Å². The molecule has 0 aliphatic carbocycles. The molecule has 0 spiro atoms. The number of quaternary nitrogens is 2. The number of hydrogen-bond donors (Lipinski definition) is 1. The molecule has 0 aliphatic rings. The summed E-state index contributed by atoms with van der Waals surface area (Å²) in [6, 6.07) is 0. The van der Waals surface area contributed by atoms with E-state index in [2.05, 4.69) is 48.8 Å². The van der Waals surface area contributed by atoms with Gasteiger partial charge in [0.15, 0.2) is 0 Å². The Kier molecular flexibility index (Phi) is 25.6. The number of aliphatic hydroxyl groups excluding tert-OH is 1. The van der Waals surface area contributed by atoms with Crippen LogP contribution in [0.5, 0.6) is 0 Å². The molecule has 0 amide bonds. The third-order valence-corrected chi connectivity index (χ3v) is 6.71. The van der Waals surface area contributed by atoms with Gasteiger partial charge in [-0.3, -0.25) is 0 Å². The highest BCUT2D eigenvalue weighted by atomic mass is 16.3. The molecule has 0 bridgehead atoms. The van der Waals surface area contributed by atoms with Gasteiger partial charge in [-0.1, -0.05) is 79.1 Å². The summed E-state index contributed by atoms with van der Waals surface area (Å²) in [4.78, 5) is 0. The second-order valence-corrected chi connectivity index (χ2v) is 11.2. The predicted molar refractivity (Wildman–Crippen MR) is 146 cm³/mol. The van der Waals surface area contributed by atoms with Gasteiger partial charge in [-0.2, -0.15) is 0 Å². The van der Waals surface area contributed by atoms with Crippen molar-refractivity contribution in [3.63, 3.8) is 0 Å². The standard InChI is InChI=1S/C24H52N.C5H14NO/c1-5-9-13-17-21-25(22-18-14-10-6-2,23-19-15-11-7-3)24-20-16-12-8-4;1-6(2,3)4-5-7/h5-24H2,1-4H3;7H,4-5H2,1-3H3/q2*+1. The number of likely N-dealkylation sites (N-methyl/N-ethyl adjacent to an activating group) is 1. The molecule has 3 heteroatoms. The summed E-state index contributed by atoms with van der Waals surface area (Å²) >= 11 is 0. The smallest absolute Gasteiger partial charge is 0.101 e.